The lowest BCUT2D eigenvalue weighted by Crippen LogP contribution is -2.36. The molecule has 0 saturated heterocycles. The molecule has 14 heteroatoms. The first-order valence-corrected chi connectivity index (χ1v) is 12.7. The van der Waals surface area contributed by atoms with Crippen molar-refractivity contribution in [1.29, 1.82) is 0 Å². The van der Waals surface area contributed by atoms with Gasteiger partial charge in [0.1, 0.15) is 6.33 Å². The Kier molecular flexibility index (Phi) is 7.84. The van der Waals surface area contributed by atoms with Crippen LogP contribution >= 0.6 is 0 Å². The van der Waals surface area contributed by atoms with Crippen molar-refractivity contribution in [3.8, 4) is 17.0 Å². The van der Waals surface area contributed by atoms with Crippen molar-refractivity contribution in [2.24, 2.45) is 13.0 Å². The van der Waals surface area contributed by atoms with Crippen LogP contribution in [-0.2, 0) is 16.6 Å². The zero-order chi connectivity index (χ0) is 29.3. The lowest BCUT2D eigenvalue weighted by Gasteiger charge is -2.25. The number of alkyl halides is 5. The van der Waals surface area contributed by atoms with Crippen LogP contribution in [0.15, 0.2) is 55.2 Å². The number of pyridine rings is 1. The van der Waals surface area contributed by atoms with E-state index in [1.165, 1.54) is 23.5 Å². The standard InChI is InChI=1S/C27H25F5N6O3/c1-15(27(30,31)32)41-23-6-3-16(12-34-23)17-4-5-22(24-20(17)13-36-37(24)2)38(9-10-40-26(28)29)25(39)19-11-18(19)21-7-8-33-14-35-21/h3-8,12-15,18-19,26H,9-11H2,1-2H3/t15-,18+,19+/m0/s1. The van der Waals surface area contributed by atoms with Crippen molar-refractivity contribution >= 4 is 22.5 Å². The zero-order valence-corrected chi connectivity index (χ0v) is 21.9. The maximum atomic E-state index is 13.7. The molecule has 1 fully saturated rings. The largest absolute Gasteiger partial charge is 0.465 e. The number of anilines is 1. The van der Waals surface area contributed by atoms with Crippen LogP contribution in [0.5, 0.6) is 5.88 Å². The number of benzene rings is 1. The number of hydrogen-bond donors (Lipinski definition) is 0. The van der Waals surface area contributed by atoms with E-state index in [0.29, 0.717) is 34.1 Å². The first-order chi connectivity index (χ1) is 19.5. The van der Waals surface area contributed by atoms with Gasteiger partial charge in [0.2, 0.25) is 11.8 Å². The molecule has 9 nitrogen and oxygen atoms in total. The molecule has 1 amide bonds. The number of carbonyl (C=O) groups excluding carboxylic acids is 1. The second-order valence-corrected chi connectivity index (χ2v) is 9.55. The first kappa shape index (κ1) is 28.3. The smallest absolute Gasteiger partial charge is 0.425 e. The minimum absolute atomic E-state index is 0.114. The van der Waals surface area contributed by atoms with Crippen LogP contribution in [0.2, 0.25) is 0 Å². The molecule has 4 aromatic rings. The molecule has 41 heavy (non-hydrogen) atoms. The van der Waals surface area contributed by atoms with Crippen molar-refractivity contribution in [1.82, 2.24) is 24.7 Å². The highest BCUT2D eigenvalue weighted by Gasteiger charge is 2.47. The quantitative estimate of drug-likeness (QED) is 0.242. The maximum absolute atomic E-state index is 13.7. The van der Waals surface area contributed by atoms with E-state index in [2.05, 4.69) is 24.8 Å². The number of halogens is 5. The predicted octanol–water partition coefficient (Wildman–Crippen LogP) is 5.13. The molecule has 0 N–H and O–H groups in total. The molecule has 0 bridgehead atoms. The SMILES string of the molecule is C[C@H](Oc1ccc(-c2ccc(N(CCOC(F)F)C(=O)[C@@H]3C[C@H]3c3ccncn3)c3c2cnn3C)cn1)C(F)(F)F. The predicted molar refractivity (Wildman–Crippen MR) is 137 cm³/mol. The van der Waals surface area contributed by atoms with E-state index in [1.54, 1.807) is 48.4 Å². The molecule has 0 aliphatic heterocycles. The van der Waals surface area contributed by atoms with Gasteiger partial charge in [0.15, 0.2) is 6.10 Å². The topological polar surface area (TPSA) is 95.3 Å². The molecule has 1 aliphatic rings. The molecular weight excluding hydrogens is 551 g/mol. The number of carbonyl (C=O) groups is 1. The van der Waals surface area contributed by atoms with E-state index in [4.69, 9.17) is 4.74 Å². The van der Waals surface area contributed by atoms with E-state index in [0.717, 1.165) is 12.6 Å². The Hall–Kier alpha value is -4.20. The summed E-state index contributed by atoms with van der Waals surface area (Å²) in [6.07, 6.45) is -0.0224. The fourth-order valence-corrected chi connectivity index (χ4v) is 4.69. The first-order valence-electron chi connectivity index (χ1n) is 12.7. The van der Waals surface area contributed by atoms with Crippen LogP contribution in [0.4, 0.5) is 27.6 Å². The Bertz CT molecular complexity index is 1510. The number of rotatable bonds is 10. The molecule has 1 aromatic carbocycles. The molecule has 5 rings (SSSR count). The van der Waals surface area contributed by atoms with Crippen molar-refractivity contribution in [2.75, 3.05) is 18.1 Å². The second-order valence-electron chi connectivity index (χ2n) is 9.55. The summed E-state index contributed by atoms with van der Waals surface area (Å²) in [5.41, 5.74) is 2.96. The van der Waals surface area contributed by atoms with Gasteiger partial charge in [0, 0.05) is 60.5 Å². The number of nitrogens with zero attached hydrogens (tertiary/aromatic N) is 6. The van der Waals surface area contributed by atoms with Crippen LogP contribution in [0.1, 0.15) is 25.0 Å². The Morgan fingerprint density at radius 2 is 1.95 bits per heavy atom. The van der Waals surface area contributed by atoms with Gasteiger partial charge in [-0.25, -0.2) is 15.0 Å². The molecule has 1 saturated carbocycles. The third-order valence-electron chi connectivity index (χ3n) is 6.89. The van der Waals surface area contributed by atoms with Gasteiger partial charge in [-0.15, -0.1) is 0 Å². The zero-order valence-electron chi connectivity index (χ0n) is 21.9. The van der Waals surface area contributed by atoms with Gasteiger partial charge < -0.3 is 14.4 Å². The fraction of sp³-hybridized carbons (Fsp3) is 0.370. The van der Waals surface area contributed by atoms with Gasteiger partial charge in [-0.2, -0.15) is 27.1 Å². The molecule has 3 heterocycles. The minimum atomic E-state index is -4.53. The second kappa shape index (κ2) is 11.4. The number of aryl methyl sites for hydroxylation is 1. The normalized spacial score (nSPS) is 17.6. The van der Waals surface area contributed by atoms with Crippen molar-refractivity contribution in [3.05, 3.63) is 60.9 Å². The summed E-state index contributed by atoms with van der Waals surface area (Å²) in [6.45, 7) is -2.61. The van der Waals surface area contributed by atoms with Gasteiger partial charge in [-0.1, -0.05) is 6.07 Å². The number of ether oxygens (including phenoxy) is 2. The molecule has 216 valence electrons. The number of aromatic nitrogens is 5. The molecule has 1 aliphatic carbocycles. The molecule has 3 atom stereocenters. The monoisotopic (exact) mass is 576 g/mol. The van der Waals surface area contributed by atoms with Crippen LogP contribution in [0.25, 0.3) is 22.0 Å². The van der Waals surface area contributed by atoms with Gasteiger partial charge in [0.25, 0.3) is 0 Å². The molecule has 0 radical (unpaired) electrons. The highest BCUT2D eigenvalue weighted by molar-refractivity contribution is 6.08. The van der Waals surface area contributed by atoms with Gasteiger partial charge in [-0.3, -0.25) is 9.48 Å². The van der Waals surface area contributed by atoms with E-state index in [1.807, 2.05) is 0 Å². The third-order valence-corrected chi connectivity index (χ3v) is 6.89. The lowest BCUT2D eigenvalue weighted by atomic mass is 10.0. The van der Waals surface area contributed by atoms with Crippen molar-refractivity contribution in [2.45, 2.75) is 38.2 Å². The Morgan fingerprint density at radius 3 is 2.61 bits per heavy atom. The average Bonchev–Trinajstić information content (AvgIpc) is 3.66. The summed E-state index contributed by atoms with van der Waals surface area (Å²) in [5, 5.41) is 4.97. The number of hydrogen-bond acceptors (Lipinski definition) is 7. The molecule has 0 unspecified atom stereocenters. The van der Waals surface area contributed by atoms with E-state index < -0.39 is 31.4 Å². The highest BCUT2D eigenvalue weighted by Crippen LogP contribution is 2.48. The van der Waals surface area contributed by atoms with Crippen LogP contribution < -0.4 is 9.64 Å². The summed E-state index contributed by atoms with van der Waals surface area (Å²) >= 11 is 0. The highest BCUT2D eigenvalue weighted by atomic mass is 19.4. The summed E-state index contributed by atoms with van der Waals surface area (Å²) in [5.74, 6) is -0.952. The summed E-state index contributed by atoms with van der Waals surface area (Å²) < 4.78 is 75.1. The van der Waals surface area contributed by atoms with Crippen LogP contribution in [-0.4, -0.2) is 62.7 Å². The molecular formula is C27H25F5N6O3. The molecule has 3 aromatic heterocycles. The molecule has 0 spiro atoms. The average molecular weight is 577 g/mol. The maximum Gasteiger partial charge on any atom is 0.425 e. The fourth-order valence-electron chi connectivity index (χ4n) is 4.69. The van der Waals surface area contributed by atoms with E-state index in [9.17, 15) is 26.7 Å². The number of amides is 1. The van der Waals surface area contributed by atoms with Crippen LogP contribution in [0, 0.1) is 5.92 Å². The van der Waals surface area contributed by atoms with Gasteiger partial charge in [-0.05, 0) is 37.1 Å². The minimum Gasteiger partial charge on any atom is -0.465 e. The Balaban J connectivity index is 1.46. The van der Waals surface area contributed by atoms with Gasteiger partial charge >= 0.3 is 12.8 Å². The third kappa shape index (κ3) is 6.11. The lowest BCUT2D eigenvalue weighted by molar-refractivity contribution is -0.189. The van der Waals surface area contributed by atoms with Crippen molar-refractivity contribution < 1.29 is 36.2 Å². The van der Waals surface area contributed by atoms with E-state index in [-0.39, 0.29) is 24.2 Å². The summed E-state index contributed by atoms with van der Waals surface area (Å²) in [6, 6.07) is 8.05. The van der Waals surface area contributed by atoms with Crippen molar-refractivity contribution in [3.63, 3.8) is 0 Å². The van der Waals surface area contributed by atoms with E-state index >= 15 is 0 Å². The van der Waals surface area contributed by atoms with Gasteiger partial charge in [0.05, 0.1) is 24.0 Å². The summed E-state index contributed by atoms with van der Waals surface area (Å²) in [7, 11) is 1.68. The number of fused-ring (bicyclic) bond motifs is 1. The van der Waals surface area contributed by atoms with Crippen LogP contribution in [0.3, 0.4) is 0 Å². The Morgan fingerprint density at radius 1 is 1.15 bits per heavy atom. The summed E-state index contributed by atoms with van der Waals surface area (Å²) in [4.78, 5) is 27.3. The Labute approximate surface area is 230 Å².